The minimum absolute atomic E-state index is 0.199. The highest BCUT2D eigenvalue weighted by molar-refractivity contribution is 6.19. The molecule has 70 valence electrons. The fourth-order valence-electron chi connectivity index (χ4n) is 1.08. The Bertz CT molecular complexity index is 329. The number of aryl methyl sites for hydroxylation is 1. The van der Waals surface area contributed by atoms with Crippen LogP contribution >= 0.6 is 11.6 Å². The number of benzene rings is 1. The van der Waals surface area contributed by atoms with Gasteiger partial charge >= 0.3 is 0 Å². The molecule has 0 spiro atoms. The van der Waals surface area contributed by atoms with Gasteiger partial charge < -0.3 is 0 Å². The zero-order valence-electron chi connectivity index (χ0n) is 7.77. The van der Waals surface area contributed by atoms with E-state index in [-0.39, 0.29) is 5.82 Å². The van der Waals surface area contributed by atoms with Crippen molar-refractivity contribution in [1.82, 2.24) is 0 Å². The summed E-state index contributed by atoms with van der Waals surface area (Å²) in [5.41, 5.74) is 2.62. The second kappa shape index (κ2) is 4.43. The van der Waals surface area contributed by atoms with E-state index in [4.69, 9.17) is 11.6 Å². The van der Waals surface area contributed by atoms with Crippen molar-refractivity contribution in [3.8, 4) is 0 Å². The first-order valence-corrected chi connectivity index (χ1v) is 4.66. The molecule has 2 heteroatoms. The van der Waals surface area contributed by atoms with Crippen molar-refractivity contribution < 1.29 is 4.39 Å². The van der Waals surface area contributed by atoms with Gasteiger partial charge in [-0.15, -0.1) is 11.6 Å². The van der Waals surface area contributed by atoms with Gasteiger partial charge in [-0.05, 0) is 26.0 Å². The lowest BCUT2D eigenvalue weighted by Crippen LogP contribution is -1.85. The van der Waals surface area contributed by atoms with Crippen LogP contribution in [0.2, 0.25) is 0 Å². The highest BCUT2D eigenvalue weighted by Crippen LogP contribution is 2.14. The summed E-state index contributed by atoms with van der Waals surface area (Å²) in [6, 6.07) is 5.04. The topological polar surface area (TPSA) is 0 Å². The van der Waals surface area contributed by atoms with E-state index in [0.29, 0.717) is 11.4 Å². The van der Waals surface area contributed by atoms with Gasteiger partial charge in [0.05, 0.1) is 0 Å². The summed E-state index contributed by atoms with van der Waals surface area (Å²) in [5.74, 6) is 0.239. The van der Waals surface area contributed by atoms with E-state index in [1.54, 1.807) is 12.1 Å². The van der Waals surface area contributed by atoms with Crippen LogP contribution in [0.3, 0.4) is 0 Å². The van der Waals surface area contributed by atoms with Gasteiger partial charge in [-0.1, -0.05) is 23.3 Å². The van der Waals surface area contributed by atoms with Crippen molar-refractivity contribution in [2.75, 3.05) is 5.88 Å². The zero-order valence-corrected chi connectivity index (χ0v) is 8.53. The molecule has 1 rings (SSSR count). The van der Waals surface area contributed by atoms with Gasteiger partial charge in [-0.2, -0.15) is 0 Å². The Kier molecular flexibility index (Phi) is 3.49. The smallest absolute Gasteiger partial charge is 0.130 e. The fraction of sp³-hybridized carbons (Fsp3) is 0.273. The van der Waals surface area contributed by atoms with E-state index in [9.17, 15) is 4.39 Å². The van der Waals surface area contributed by atoms with Crippen LogP contribution in [0.4, 0.5) is 4.39 Å². The minimum atomic E-state index is -0.199. The van der Waals surface area contributed by atoms with Crippen LogP contribution in [0.1, 0.15) is 18.1 Å². The second-order valence-electron chi connectivity index (χ2n) is 3.15. The van der Waals surface area contributed by atoms with E-state index in [1.807, 2.05) is 19.9 Å². The van der Waals surface area contributed by atoms with Crippen LogP contribution in [0, 0.1) is 12.7 Å². The number of allylic oxidation sites excluding steroid dienone is 1. The maximum atomic E-state index is 13.2. The number of hydrogen-bond acceptors (Lipinski definition) is 0. The Morgan fingerprint density at radius 1 is 1.54 bits per heavy atom. The van der Waals surface area contributed by atoms with Crippen molar-refractivity contribution in [3.05, 3.63) is 40.7 Å². The van der Waals surface area contributed by atoms with Gasteiger partial charge in [0, 0.05) is 11.4 Å². The highest BCUT2D eigenvalue weighted by Gasteiger charge is 1.98. The molecule has 0 heterocycles. The monoisotopic (exact) mass is 198 g/mol. The SMILES string of the molecule is C/C(=C/c1cc(C)ccc1F)CCl. The molecule has 1 aromatic carbocycles. The van der Waals surface area contributed by atoms with Gasteiger partial charge in [-0.25, -0.2) is 4.39 Å². The van der Waals surface area contributed by atoms with Crippen LogP contribution in [-0.2, 0) is 0 Å². The Morgan fingerprint density at radius 3 is 2.85 bits per heavy atom. The molecule has 0 nitrogen and oxygen atoms in total. The molecule has 0 aliphatic carbocycles. The maximum absolute atomic E-state index is 13.2. The average Bonchev–Trinajstić information content (AvgIpc) is 2.11. The highest BCUT2D eigenvalue weighted by atomic mass is 35.5. The second-order valence-corrected chi connectivity index (χ2v) is 3.42. The minimum Gasteiger partial charge on any atom is -0.206 e. The van der Waals surface area contributed by atoms with Crippen molar-refractivity contribution in [2.45, 2.75) is 13.8 Å². The van der Waals surface area contributed by atoms with Crippen molar-refractivity contribution in [2.24, 2.45) is 0 Å². The summed E-state index contributed by atoms with van der Waals surface area (Å²) >= 11 is 5.60. The molecule has 0 bridgehead atoms. The van der Waals surface area contributed by atoms with Gasteiger partial charge in [0.2, 0.25) is 0 Å². The van der Waals surface area contributed by atoms with Gasteiger partial charge in [0.15, 0.2) is 0 Å². The number of alkyl halides is 1. The molecule has 13 heavy (non-hydrogen) atoms. The molecule has 0 aliphatic rings. The van der Waals surface area contributed by atoms with Crippen LogP contribution in [0.15, 0.2) is 23.8 Å². The van der Waals surface area contributed by atoms with E-state index < -0.39 is 0 Å². The van der Waals surface area contributed by atoms with Crippen molar-refractivity contribution in [3.63, 3.8) is 0 Å². The lowest BCUT2D eigenvalue weighted by Gasteiger charge is -2.00. The van der Waals surface area contributed by atoms with E-state index in [0.717, 1.165) is 11.1 Å². The molecule has 0 unspecified atom stereocenters. The first-order valence-electron chi connectivity index (χ1n) is 4.13. The molecule has 0 atom stereocenters. The van der Waals surface area contributed by atoms with Gasteiger partial charge in [-0.3, -0.25) is 0 Å². The van der Waals surface area contributed by atoms with Crippen molar-refractivity contribution >= 4 is 17.7 Å². The molecule has 0 radical (unpaired) electrons. The summed E-state index contributed by atoms with van der Waals surface area (Å²) < 4.78 is 13.2. The summed E-state index contributed by atoms with van der Waals surface area (Å²) in [4.78, 5) is 0. The molecular weight excluding hydrogens is 187 g/mol. The third-order valence-electron chi connectivity index (χ3n) is 1.76. The normalized spacial score (nSPS) is 11.8. The van der Waals surface area contributed by atoms with Crippen LogP contribution in [0.5, 0.6) is 0 Å². The molecular formula is C11H12ClF. The average molecular weight is 199 g/mol. The molecule has 1 aromatic rings. The first kappa shape index (κ1) is 10.3. The molecule has 0 aromatic heterocycles. The number of rotatable bonds is 2. The third-order valence-corrected chi connectivity index (χ3v) is 2.19. The lowest BCUT2D eigenvalue weighted by molar-refractivity contribution is 0.624. The molecule has 0 fully saturated rings. The fourth-order valence-corrected chi connectivity index (χ4v) is 1.15. The Balaban J connectivity index is 3.07. The molecule has 0 N–H and O–H groups in total. The van der Waals surface area contributed by atoms with Gasteiger partial charge in [0.25, 0.3) is 0 Å². The molecule has 0 saturated heterocycles. The summed E-state index contributed by atoms with van der Waals surface area (Å²) in [7, 11) is 0. The Morgan fingerprint density at radius 2 is 2.23 bits per heavy atom. The summed E-state index contributed by atoms with van der Waals surface area (Å²) in [6.45, 7) is 3.82. The summed E-state index contributed by atoms with van der Waals surface area (Å²) in [6.07, 6.45) is 1.77. The largest absolute Gasteiger partial charge is 0.206 e. The first-order chi connectivity index (χ1) is 6.13. The third kappa shape index (κ3) is 2.85. The predicted octanol–water partition coefficient (Wildman–Crippen LogP) is 3.78. The van der Waals surface area contributed by atoms with Gasteiger partial charge in [0.1, 0.15) is 5.82 Å². The van der Waals surface area contributed by atoms with Crippen LogP contribution < -0.4 is 0 Å². The van der Waals surface area contributed by atoms with Crippen molar-refractivity contribution in [1.29, 1.82) is 0 Å². The Labute approximate surface area is 83.0 Å². The maximum Gasteiger partial charge on any atom is 0.130 e. The van der Waals surface area contributed by atoms with E-state index >= 15 is 0 Å². The predicted molar refractivity (Wildman–Crippen MR) is 55.5 cm³/mol. The van der Waals surface area contributed by atoms with Crippen LogP contribution in [0.25, 0.3) is 6.08 Å². The molecule has 0 aliphatic heterocycles. The van der Waals surface area contributed by atoms with E-state index in [1.165, 1.54) is 6.07 Å². The standard InChI is InChI=1S/C11H12ClF/c1-8-3-4-11(13)10(5-8)6-9(2)7-12/h3-6H,7H2,1-2H3/b9-6-. The zero-order chi connectivity index (χ0) is 9.84. The molecule has 0 saturated carbocycles. The number of halogens is 2. The molecule has 0 amide bonds. The number of hydrogen-bond donors (Lipinski definition) is 0. The summed E-state index contributed by atoms with van der Waals surface area (Å²) in [5, 5.41) is 0. The lowest BCUT2D eigenvalue weighted by atomic mass is 10.1. The van der Waals surface area contributed by atoms with E-state index in [2.05, 4.69) is 0 Å². The van der Waals surface area contributed by atoms with Crippen LogP contribution in [-0.4, -0.2) is 5.88 Å². The quantitative estimate of drug-likeness (QED) is 0.635. The Hall–Kier alpha value is -0.820.